The van der Waals surface area contributed by atoms with Crippen molar-refractivity contribution in [1.29, 1.82) is 0 Å². The van der Waals surface area contributed by atoms with Gasteiger partial charge in [-0.05, 0) is 49.9 Å². The van der Waals surface area contributed by atoms with Gasteiger partial charge in [0.2, 0.25) is 0 Å². The molecule has 3 nitrogen and oxygen atoms in total. The van der Waals surface area contributed by atoms with Gasteiger partial charge in [0.1, 0.15) is 0 Å². The van der Waals surface area contributed by atoms with Gasteiger partial charge in [-0.1, -0.05) is 158 Å². The van der Waals surface area contributed by atoms with Gasteiger partial charge in [0.15, 0.2) is 0 Å². The zero-order valence-corrected chi connectivity index (χ0v) is 28.1. The summed E-state index contributed by atoms with van der Waals surface area (Å²) in [7, 11) is -5.53. The van der Waals surface area contributed by atoms with Crippen LogP contribution in [0.3, 0.4) is 0 Å². The molecule has 0 unspecified atom stereocenters. The Hall–Kier alpha value is -4.26. The standard InChI is InChI=1S/C40H39N3P2/c1-31-19-17-20-32(2)39(31)41-44(35-23-9-5-10-24-35,36-25-11-6-12-26-36)43-45(37-27-13-7-14-28-37,38-29-15-8-16-30-38)42-40-33(3)21-18-22-34(40)4/h5-30,43H,1-4H3. The Morgan fingerprint density at radius 1 is 0.333 bits per heavy atom. The minimum absolute atomic E-state index is 1.03. The van der Waals surface area contributed by atoms with E-state index < -0.39 is 14.4 Å². The Morgan fingerprint density at radius 2 is 0.578 bits per heavy atom. The van der Waals surface area contributed by atoms with E-state index in [2.05, 4.69) is 190 Å². The van der Waals surface area contributed by atoms with E-state index in [4.69, 9.17) is 9.49 Å². The summed E-state index contributed by atoms with van der Waals surface area (Å²) in [6.07, 6.45) is 0. The summed E-state index contributed by atoms with van der Waals surface area (Å²) in [5, 5.41) is 4.64. The maximum Gasteiger partial charge on any atom is 0.0973 e. The van der Waals surface area contributed by atoms with Gasteiger partial charge in [0.05, 0.1) is 25.8 Å². The molecule has 0 aromatic heterocycles. The summed E-state index contributed by atoms with van der Waals surface area (Å²) in [4.78, 5) is 4.44. The maximum absolute atomic E-state index is 5.92. The van der Waals surface area contributed by atoms with Crippen molar-refractivity contribution in [3.8, 4) is 0 Å². The molecule has 45 heavy (non-hydrogen) atoms. The number of nitrogens with one attached hydrogen (secondary N) is 1. The van der Waals surface area contributed by atoms with Crippen LogP contribution in [-0.4, -0.2) is 0 Å². The molecule has 6 rings (SSSR count). The van der Waals surface area contributed by atoms with Gasteiger partial charge in [-0.3, -0.25) is 0 Å². The number of benzene rings is 6. The van der Waals surface area contributed by atoms with Crippen molar-refractivity contribution in [3.05, 3.63) is 180 Å². The smallest absolute Gasteiger partial charge is 0.0973 e. The SMILES string of the molecule is Cc1cccc(C)c1N=P(NP(=Nc1c(C)cccc1C)(c1ccccc1)c1ccccc1)(c1ccccc1)c1ccccc1. The molecule has 0 bridgehead atoms. The van der Waals surface area contributed by atoms with E-state index in [1.165, 1.54) is 0 Å². The topological polar surface area (TPSA) is 36.8 Å². The molecule has 1 N–H and O–H groups in total. The summed E-state index contributed by atoms with van der Waals surface area (Å²) < 4.78 is 11.8. The number of nitrogens with zero attached hydrogens (tertiary/aromatic N) is 2. The minimum atomic E-state index is -2.77. The van der Waals surface area contributed by atoms with Crippen LogP contribution < -0.4 is 26.1 Å². The lowest BCUT2D eigenvalue weighted by Gasteiger charge is -2.36. The molecular formula is C40H39N3P2. The van der Waals surface area contributed by atoms with Crippen molar-refractivity contribution >= 4 is 47.0 Å². The monoisotopic (exact) mass is 623 g/mol. The first-order valence-corrected chi connectivity index (χ1v) is 18.8. The predicted molar refractivity (Wildman–Crippen MR) is 197 cm³/mol. The van der Waals surface area contributed by atoms with Crippen LogP contribution in [0.5, 0.6) is 0 Å². The first-order valence-electron chi connectivity index (χ1n) is 15.3. The fraction of sp³-hybridized carbons (Fsp3) is 0.100. The molecule has 6 aromatic carbocycles. The molecule has 224 valence electrons. The normalized spacial score (nSPS) is 11.6. The summed E-state index contributed by atoms with van der Waals surface area (Å²) in [6.45, 7) is 8.64. The van der Waals surface area contributed by atoms with Crippen molar-refractivity contribution in [2.45, 2.75) is 27.7 Å². The predicted octanol–water partition coefficient (Wildman–Crippen LogP) is 10.0. The fourth-order valence-corrected chi connectivity index (χ4v) is 14.4. The molecule has 5 heteroatoms. The Balaban J connectivity index is 1.84. The summed E-state index contributed by atoms with van der Waals surface area (Å²) in [6, 6.07) is 56.1. The quantitative estimate of drug-likeness (QED) is 0.168. The van der Waals surface area contributed by atoms with Crippen LogP contribution in [0.25, 0.3) is 0 Å². The van der Waals surface area contributed by atoms with Crippen LogP contribution in [0.15, 0.2) is 167 Å². The summed E-state index contributed by atoms with van der Waals surface area (Å²) in [5.74, 6) is 0. The average molecular weight is 624 g/mol. The maximum atomic E-state index is 5.92. The lowest BCUT2D eigenvalue weighted by Crippen LogP contribution is -2.33. The molecule has 6 aromatic rings. The van der Waals surface area contributed by atoms with Crippen molar-refractivity contribution in [3.63, 3.8) is 0 Å². The Labute approximate surface area is 268 Å². The largest absolute Gasteiger partial charge is 0.242 e. The number of rotatable bonds is 8. The Morgan fingerprint density at radius 3 is 0.822 bits per heavy atom. The number of aryl methyl sites for hydroxylation is 4. The third-order valence-electron chi connectivity index (χ3n) is 8.19. The van der Waals surface area contributed by atoms with E-state index in [0.717, 1.165) is 54.8 Å². The third kappa shape index (κ3) is 6.18. The molecule has 0 aliphatic carbocycles. The molecule has 0 heterocycles. The van der Waals surface area contributed by atoms with E-state index in [0.29, 0.717) is 0 Å². The van der Waals surface area contributed by atoms with E-state index in [9.17, 15) is 0 Å². The van der Waals surface area contributed by atoms with Crippen LogP contribution in [-0.2, 0) is 0 Å². The molecule has 0 aliphatic rings. The van der Waals surface area contributed by atoms with Crippen LogP contribution in [0.1, 0.15) is 22.3 Å². The van der Waals surface area contributed by atoms with Gasteiger partial charge < -0.3 is 0 Å². The zero-order chi connectivity index (χ0) is 31.3. The molecule has 0 aliphatic heterocycles. The van der Waals surface area contributed by atoms with Crippen molar-refractivity contribution in [2.24, 2.45) is 9.49 Å². The molecule has 0 spiro atoms. The molecule has 0 atom stereocenters. The van der Waals surface area contributed by atoms with Crippen LogP contribution in [0, 0.1) is 27.7 Å². The zero-order valence-electron chi connectivity index (χ0n) is 26.3. The molecular weight excluding hydrogens is 584 g/mol. The van der Waals surface area contributed by atoms with Gasteiger partial charge >= 0.3 is 0 Å². The molecule has 0 amide bonds. The van der Waals surface area contributed by atoms with E-state index in [-0.39, 0.29) is 0 Å². The molecule has 0 saturated carbocycles. The molecule has 0 fully saturated rings. The molecule has 0 radical (unpaired) electrons. The average Bonchev–Trinajstić information content (AvgIpc) is 3.08. The first-order chi connectivity index (χ1) is 21.9. The lowest BCUT2D eigenvalue weighted by molar-refractivity contribution is 1.32. The summed E-state index contributed by atoms with van der Waals surface area (Å²) in [5.41, 5.74) is 6.67. The highest BCUT2D eigenvalue weighted by molar-refractivity contribution is 7.93. The lowest BCUT2D eigenvalue weighted by atomic mass is 10.1. The second-order valence-corrected chi connectivity index (χ2v) is 17.2. The van der Waals surface area contributed by atoms with Crippen molar-refractivity contribution in [1.82, 2.24) is 4.86 Å². The summed E-state index contributed by atoms with van der Waals surface area (Å²) >= 11 is 0. The second kappa shape index (κ2) is 13.4. The number of hydrogen-bond acceptors (Lipinski definition) is 2. The van der Waals surface area contributed by atoms with Gasteiger partial charge in [0, 0.05) is 21.2 Å². The Bertz CT molecular complexity index is 1750. The van der Waals surface area contributed by atoms with Gasteiger partial charge in [-0.25, -0.2) is 14.3 Å². The van der Waals surface area contributed by atoms with Gasteiger partial charge in [-0.15, -0.1) is 0 Å². The first kappa shape index (κ1) is 30.8. The van der Waals surface area contributed by atoms with Gasteiger partial charge in [-0.2, -0.15) is 0 Å². The van der Waals surface area contributed by atoms with Crippen LogP contribution >= 0.6 is 14.4 Å². The van der Waals surface area contributed by atoms with Gasteiger partial charge in [0.25, 0.3) is 0 Å². The number of hydrogen-bond donors (Lipinski definition) is 1. The Kier molecular flexibility index (Phi) is 9.15. The third-order valence-corrected chi connectivity index (χ3v) is 15.7. The van der Waals surface area contributed by atoms with Crippen molar-refractivity contribution < 1.29 is 0 Å². The van der Waals surface area contributed by atoms with E-state index in [1.807, 2.05) is 0 Å². The van der Waals surface area contributed by atoms with E-state index >= 15 is 0 Å². The highest BCUT2D eigenvalue weighted by atomic mass is 31.2. The fourth-order valence-electron chi connectivity index (χ4n) is 5.82. The van der Waals surface area contributed by atoms with E-state index in [1.54, 1.807) is 0 Å². The van der Waals surface area contributed by atoms with Crippen LogP contribution in [0.2, 0.25) is 0 Å². The van der Waals surface area contributed by atoms with Crippen molar-refractivity contribution in [2.75, 3.05) is 0 Å². The second-order valence-electron chi connectivity index (χ2n) is 11.4. The van der Waals surface area contributed by atoms with Crippen LogP contribution in [0.4, 0.5) is 11.4 Å². The highest BCUT2D eigenvalue weighted by Gasteiger charge is 2.36. The minimum Gasteiger partial charge on any atom is -0.242 e. The molecule has 0 saturated heterocycles. The highest BCUT2D eigenvalue weighted by Crippen LogP contribution is 2.60.